The molecule has 3 aliphatic carbocycles. The van der Waals surface area contributed by atoms with Gasteiger partial charge in [-0.15, -0.1) is 0 Å². The maximum atomic E-state index is 12.2. The van der Waals surface area contributed by atoms with Gasteiger partial charge in [0.05, 0.1) is 6.61 Å². The van der Waals surface area contributed by atoms with E-state index in [-0.39, 0.29) is 11.8 Å². The van der Waals surface area contributed by atoms with Gasteiger partial charge in [-0.05, 0) is 110 Å². The van der Waals surface area contributed by atoms with Crippen molar-refractivity contribution in [3.05, 3.63) is 58.1 Å². The van der Waals surface area contributed by atoms with E-state index in [0.717, 1.165) is 5.56 Å². The largest absolute Gasteiger partial charge is 0.466 e. The summed E-state index contributed by atoms with van der Waals surface area (Å²) in [6.45, 7) is 6.01. The Hall–Kier alpha value is -2.42. The smallest absolute Gasteiger partial charge is 0.306 e. The molecule has 3 heteroatoms. The quantitative estimate of drug-likeness (QED) is 0.441. The first kappa shape index (κ1) is 19.9. The van der Waals surface area contributed by atoms with E-state index in [2.05, 4.69) is 37.3 Å². The van der Waals surface area contributed by atoms with Crippen LogP contribution in [0, 0.1) is 6.92 Å². The lowest BCUT2D eigenvalue weighted by atomic mass is 9.65. The molecule has 2 bridgehead atoms. The van der Waals surface area contributed by atoms with Crippen molar-refractivity contribution in [1.29, 1.82) is 0 Å². The predicted octanol–water partition coefficient (Wildman–Crippen LogP) is 6.12. The molecule has 2 aromatic rings. The Morgan fingerprint density at radius 1 is 1.03 bits per heavy atom. The van der Waals surface area contributed by atoms with Crippen molar-refractivity contribution in [2.24, 2.45) is 0 Å². The van der Waals surface area contributed by atoms with E-state index < -0.39 is 0 Å². The van der Waals surface area contributed by atoms with E-state index in [0.29, 0.717) is 31.3 Å². The molecule has 3 nitrogen and oxygen atoms in total. The summed E-state index contributed by atoms with van der Waals surface area (Å²) >= 11 is 0. The van der Waals surface area contributed by atoms with Gasteiger partial charge in [-0.1, -0.05) is 18.2 Å². The normalized spacial score (nSPS) is 19.7. The Labute approximate surface area is 173 Å². The number of fused-ring (bicyclic) bond motifs is 2. The second-order valence-electron chi connectivity index (χ2n) is 8.58. The fourth-order valence-electron chi connectivity index (χ4n) is 5.18. The number of carbonyl (C=O) groups excluding carboxylic acids is 2. The van der Waals surface area contributed by atoms with Crippen LogP contribution in [0.4, 0.5) is 0 Å². The molecule has 3 aliphatic rings. The van der Waals surface area contributed by atoms with Crippen LogP contribution in [0.5, 0.6) is 0 Å². The molecule has 0 N–H and O–H groups in total. The predicted molar refractivity (Wildman–Crippen MR) is 116 cm³/mol. The molecule has 0 spiro atoms. The van der Waals surface area contributed by atoms with E-state index in [1.54, 1.807) is 6.92 Å². The second kappa shape index (κ2) is 8.14. The molecule has 1 fully saturated rings. The van der Waals surface area contributed by atoms with Gasteiger partial charge in [-0.25, -0.2) is 0 Å². The minimum absolute atomic E-state index is 0.130. The number of Topliss-reactive ketones (excluding diaryl/α,β-unsaturated/α-hetero) is 1. The fourth-order valence-corrected chi connectivity index (χ4v) is 5.18. The number of hydrogen-bond acceptors (Lipinski definition) is 3. The first-order valence-electron chi connectivity index (χ1n) is 10.9. The van der Waals surface area contributed by atoms with Gasteiger partial charge in [0.2, 0.25) is 0 Å². The molecule has 0 aliphatic heterocycles. The summed E-state index contributed by atoms with van der Waals surface area (Å²) in [6, 6.07) is 10.8. The maximum absolute atomic E-state index is 12.2. The first-order chi connectivity index (χ1) is 14.0. The summed E-state index contributed by atoms with van der Waals surface area (Å²) in [5, 5.41) is 0. The minimum atomic E-state index is -0.148. The molecule has 0 saturated heterocycles. The molecule has 5 rings (SSSR count). The highest BCUT2D eigenvalue weighted by atomic mass is 16.5. The highest BCUT2D eigenvalue weighted by Crippen LogP contribution is 2.52. The van der Waals surface area contributed by atoms with Gasteiger partial charge in [-0.3, -0.25) is 9.59 Å². The van der Waals surface area contributed by atoms with Crippen LogP contribution >= 0.6 is 0 Å². The van der Waals surface area contributed by atoms with Crippen molar-refractivity contribution >= 4 is 11.8 Å². The van der Waals surface area contributed by atoms with Gasteiger partial charge >= 0.3 is 5.97 Å². The standard InChI is InChI=1S/C26H30O3/c1-4-29-25(28)12-11-20-13-21(6-5-16(20)2)24-15-22(17(3)27)14-23-18-7-9-19(10-8-18)26(23)24/h5-6,13-15,18-19H,4,7-12H2,1-3H3. The molecule has 1 saturated carbocycles. The van der Waals surface area contributed by atoms with E-state index >= 15 is 0 Å². The number of hydrogen-bond donors (Lipinski definition) is 0. The zero-order valence-corrected chi connectivity index (χ0v) is 17.7. The van der Waals surface area contributed by atoms with E-state index in [9.17, 15) is 9.59 Å². The maximum Gasteiger partial charge on any atom is 0.306 e. The van der Waals surface area contributed by atoms with Crippen molar-refractivity contribution in [2.75, 3.05) is 6.61 Å². The van der Waals surface area contributed by atoms with Gasteiger partial charge in [0, 0.05) is 12.0 Å². The van der Waals surface area contributed by atoms with Crippen LogP contribution in [0.2, 0.25) is 0 Å². The second-order valence-corrected chi connectivity index (χ2v) is 8.58. The van der Waals surface area contributed by atoms with Gasteiger partial charge in [0.1, 0.15) is 0 Å². The fraction of sp³-hybridized carbons (Fsp3) is 0.462. The van der Waals surface area contributed by atoms with Crippen molar-refractivity contribution in [3.63, 3.8) is 0 Å². The molecule has 0 unspecified atom stereocenters. The monoisotopic (exact) mass is 390 g/mol. The van der Waals surface area contributed by atoms with Crippen LogP contribution in [-0.2, 0) is 16.0 Å². The van der Waals surface area contributed by atoms with Gasteiger partial charge in [-0.2, -0.15) is 0 Å². The third-order valence-corrected chi connectivity index (χ3v) is 6.76. The van der Waals surface area contributed by atoms with Gasteiger partial charge in [0.15, 0.2) is 5.78 Å². The summed E-state index contributed by atoms with van der Waals surface area (Å²) < 4.78 is 5.09. The topological polar surface area (TPSA) is 43.4 Å². The van der Waals surface area contributed by atoms with Crippen molar-refractivity contribution in [2.45, 2.75) is 71.1 Å². The van der Waals surface area contributed by atoms with Crippen LogP contribution in [0.3, 0.4) is 0 Å². The van der Waals surface area contributed by atoms with Crippen LogP contribution in [0.1, 0.15) is 90.4 Å². The SMILES string of the molecule is CCOC(=O)CCc1cc(-c2cc(C(C)=O)cc3c2C2CCC3CC2)ccc1C. The molecule has 29 heavy (non-hydrogen) atoms. The number of carbonyl (C=O) groups is 2. The molecular formula is C26H30O3. The van der Waals surface area contributed by atoms with E-state index in [1.165, 1.54) is 59.1 Å². The zero-order valence-electron chi connectivity index (χ0n) is 17.7. The van der Waals surface area contributed by atoms with Crippen LogP contribution in [0.25, 0.3) is 11.1 Å². The molecule has 0 heterocycles. The Balaban J connectivity index is 1.76. The Morgan fingerprint density at radius 2 is 1.76 bits per heavy atom. The number of aryl methyl sites for hydroxylation is 2. The molecule has 2 aromatic carbocycles. The highest BCUT2D eigenvalue weighted by Gasteiger charge is 2.35. The Morgan fingerprint density at radius 3 is 2.45 bits per heavy atom. The number of esters is 1. The Bertz CT molecular complexity index is 949. The van der Waals surface area contributed by atoms with E-state index in [4.69, 9.17) is 4.74 Å². The molecule has 0 aromatic heterocycles. The third-order valence-electron chi connectivity index (χ3n) is 6.76. The van der Waals surface area contributed by atoms with Crippen LogP contribution < -0.4 is 0 Å². The summed E-state index contributed by atoms with van der Waals surface area (Å²) in [4.78, 5) is 24.1. The average Bonchev–Trinajstić information content (AvgIpc) is 2.73. The number of rotatable bonds is 6. The Kier molecular flexibility index (Phi) is 5.58. The number of benzene rings is 2. The summed E-state index contributed by atoms with van der Waals surface area (Å²) in [6.07, 6.45) is 6.08. The number of ketones is 1. The van der Waals surface area contributed by atoms with Crippen LogP contribution in [0.15, 0.2) is 30.3 Å². The zero-order chi connectivity index (χ0) is 20.5. The summed E-state index contributed by atoms with van der Waals surface area (Å²) in [5.74, 6) is 1.19. The third kappa shape index (κ3) is 3.88. The first-order valence-corrected chi connectivity index (χ1v) is 10.9. The molecule has 0 radical (unpaired) electrons. The summed E-state index contributed by atoms with van der Waals surface area (Å²) in [5.41, 5.74) is 8.46. The minimum Gasteiger partial charge on any atom is -0.466 e. The lowest BCUT2D eigenvalue weighted by Gasteiger charge is -2.40. The van der Waals surface area contributed by atoms with Crippen molar-refractivity contribution in [3.8, 4) is 11.1 Å². The van der Waals surface area contributed by atoms with E-state index in [1.807, 2.05) is 6.92 Å². The lowest BCUT2D eigenvalue weighted by Crippen LogP contribution is -2.23. The van der Waals surface area contributed by atoms with Crippen molar-refractivity contribution in [1.82, 2.24) is 0 Å². The van der Waals surface area contributed by atoms with Gasteiger partial charge < -0.3 is 4.74 Å². The van der Waals surface area contributed by atoms with Crippen LogP contribution in [-0.4, -0.2) is 18.4 Å². The average molecular weight is 391 g/mol. The van der Waals surface area contributed by atoms with Gasteiger partial charge in [0.25, 0.3) is 0 Å². The van der Waals surface area contributed by atoms with Crippen molar-refractivity contribution < 1.29 is 14.3 Å². The molecule has 152 valence electrons. The molecule has 0 amide bonds. The lowest BCUT2D eigenvalue weighted by molar-refractivity contribution is -0.143. The molecule has 0 atom stereocenters. The highest BCUT2D eigenvalue weighted by molar-refractivity contribution is 5.96. The summed E-state index contributed by atoms with van der Waals surface area (Å²) in [7, 11) is 0. The number of ether oxygens (including phenoxy) is 1. The molecular weight excluding hydrogens is 360 g/mol.